The highest BCUT2D eigenvalue weighted by atomic mass is 16.6. The zero-order valence-corrected chi connectivity index (χ0v) is 26.1. The van der Waals surface area contributed by atoms with Gasteiger partial charge >= 0.3 is 12.1 Å². The van der Waals surface area contributed by atoms with Crippen LogP contribution < -0.4 is 10.6 Å². The number of nitrogens with zero attached hydrogens (tertiary/aromatic N) is 1. The van der Waals surface area contributed by atoms with Crippen molar-refractivity contribution in [2.24, 2.45) is 17.8 Å². The lowest BCUT2D eigenvalue weighted by Gasteiger charge is -2.33. The van der Waals surface area contributed by atoms with Crippen LogP contribution in [0.4, 0.5) is 4.79 Å². The quantitative estimate of drug-likeness (QED) is 0.307. The number of amides is 3. The molecule has 0 saturated heterocycles. The first kappa shape index (κ1) is 34.9. The lowest BCUT2D eigenvalue weighted by molar-refractivity contribution is -0.150. The normalized spacial score (nSPS) is 13.9. The lowest BCUT2D eigenvalue weighted by atomic mass is 9.98. The predicted molar refractivity (Wildman–Crippen MR) is 156 cm³/mol. The van der Waals surface area contributed by atoms with Crippen molar-refractivity contribution in [3.63, 3.8) is 0 Å². The Balaban J connectivity index is 3.11. The van der Waals surface area contributed by atoms with Crippen LogP contribution in [-0.2, 0) is 30.5 Å². The van der Waals surface area contributed by atoms with Gasteiger partial charge in [0.2, 0.25) is 11.8 Å². The van der Waals surface area contributed by atoms with Gasteiger partial charge in [-0.15, -0.1) is 0 Å². The largest absolute Gasteiger partial charge is 0.459 e. The summed E-state index contributed by atoms with van der Waals surface area (Å²) in [6, 6.07) is 6.76. The van der Waals surface area contributed by atoms with Crippen LogP contribution in [0.1, 0.15) is 87.1 Å². The molecular formula is C31H51N3O6. The smallest absolute Gasteiger partial charge is 0.408 e. The standard InChI is InChI=1S/C31H51N3O6/c1-20(2)16-24(33-30(38)40-31(7,8)9)28(36)34(10)26(18-22(5)6)27(35)32-25(17-21(3)4)29(37)39-19-23-14-12-11-13-15-23/h11-15,20-22,24-26H,16-19H2,1-10H3,(H,32,35)(H,33,38)/t24-,25-,26+/m1/s1. The Morgan fingerprint density at radius 2 is 1.32 bits per heavy atom. The first-order valence-electron chi connectivity index (χ1n) is 14.3. The van der Waals surface area contributed by atoms with E-state index in [-0.39, 0.29) is 24.4 Å². The summed E-state index contributed by atoms with van der Waals surface area (Å²) < 4.78 is 10.9. The summed E-state index contributed by atoms with van der Waals surface area (Å²) in [7, 11) is 1.56. The third-order valence-corrected chi connectivity index (χ3v) is 6.04. The number of esters is 1. The molecule has 9 heteroatoms. The second-order valence-corrected chi connectivity index (χ2v) is 12.7. The Morgan fingerprint density at radius 1 is 0.800 bits per heavy atom. The minimum absolute atomic E-state index is 0.0851. The number of rotatable bonds is 14. The van der Waals surface area contributed by atoms with Crippen molar-refractivity contribution in [2.75, 3.05) is 7.05 Å². The van der Waals surface area contributed by atoms with E-state index in [9.17, 15) is 19.2 Å². The van der Waals surface area contributed by atoms with Gasteiger partial charge in [0.15, 0.2) is 0 Å². The van der Waals surface area contributed by atoms with Crippen LogP contribution in [0, 0.1) is 17.8 Å². The highest BCUT2D eigenvalue weighted by Gasteiger charge is 2.35. The number of carbonyl (C=O) groups is 4. The zero-order chi connectivity index (χ0) is 30.6. The molecule has 9 nitrogen and oxygen atoms in total. The number of carbonyl (C=O) groups excluding carboxylic acids is 4. The van der Waals surface area contributed by atoms with Gasteiger partial charge in [0, 0.05) is 7.05 Å². The van der Waals surface area contributed by atoms with E-state index in [1.165, 1.54) is 4.90 Å². The fourth-order valence-corrected chi connectivity index (χ4v) is 4.21. The van der Waals surface area contributed by atoms with Gasteiger partial charge in [0.05, 0.1) is 0 Å². The lowest BCUT2D eigenvalue weighted by Crippen LogP contribution is -2.57. The van der Waals surface area contributed by atoms with Crippen molar-refractivity contribution in [2.45, 2.75) is 112 Å². The maximum absolute atomic E-state index is 13.6. The van der Waals surface area contributed by atoms with E-state index in [1.807, 2.05) is 71.9 Å². The molecule has 1 aromatic carbocycles. The summed E-state index contributed by atoms with van der Waals surface area (Å²) in [4.78, 5) is 54.2. The molecule has 0 aromatic heterocycles. The van der Waals surface area contributed by atoms with Crippen LogP contribution in [0.5, 0.6) is 0 Å². The molecule has 226 valence electrons. The number of ether oxygens (including phenoxy) is 2. The Hall–Kier alpha value is -3.10. The van der Waals surface area contributed by atoms with Gasteiger partial charge in [0.1, 0.15) is 30.3 Å². The molecule has 3 atom stereocenters. The molecule has 3 amide bonds. The number of nitrogens with one attached hydrogen (secondary N) is 2. The first-order valence-corrected chi connectivity index (χ1v) is 14.3. The van der Waals surface area contributed by atoms with Crippen molar-refractivity contribution in [3.05, 3.63) is 35.9 Å². The summed E-state index contributed by atoms with van der Waals surface area (Å²) >= 11 is 0. The molecule has 0 bridgehead atoms. The van der Waals surface area contributed by atoms with Crippen LogP contribution in [-0.4, -0.2) is 59.6 Å². The Morgan fingerprint density at radius 3 is 1.82 bits per heavy atom. The van der Waals surface area contributed by atoms with E-state index < -0.39 is 47.6 Å². The summed E-state index contributed by atoms with van der Waals surface area (Å²) in [6.07, 6.45) is 0.451. The van der Waals surface area contributed by atoms with Crippen molar-refractivity contribution >= 4 is 23.9 Å². The van der Waals surface area contributed by atoms with Gasteiger partial charge in [-0.1, -0.05) is 71.9 Å². The molecule has 40 heavy (non-hydrogen) atoms. The van der Waals surface area contributed by atoms with Crippen LogP contribution in [0.2, 0.25) is 0 Å². The second-order valence-electron chi connectivity index (χ2n) is 12.7. The molecular weight excluding hydrogens is 510 g/mol. The maximum Gasteiger partial charge on any atom is 0.408 e. The molecule has 0 saturated carbocycles. The van der Waals surface area contributed by atoms with Gasteiger partial charge in [-0.25, -0.2) is 9.59 Å². The van der Waals surface area contributed by atoms with Gasteiger partial charge in [-0.2, -0.15) is 0 Å². The minimum Gasteiger partial charge on any atom is -0.459 e. The first-order chi connectivity index (χ1) is 18.5. The van der Waals surface area contributed by atoms with E-state index in [2.05, 4.69) is 10.6 Å². The number of hydrogen-bond acceptors (Lipinski definition) is 6. The third kappa shape index (κ3) is 13.3. The molecule has 0 aliphatic heterocycles. The fraction of sp³-hybridized carbons (Fsp3) is 0.677. The van der Waals surface area contributed by atoms with Gasteiger partial charge in [-0.3, -0.25) is 9.59 Å². The zero-order valence-electron chi connectivity index (χ0n) is 26.1. The van der Waals surface area contributed by atoms with Crippen LogP contribution in [0.15, 0.2) is 30.3 Å². The second kappa shape index (κ2) is 16.2. The molecule has 0 aliphatic carbocycles. The molecule has 0 spiro atoms. The monoisotopic (exact) mass is 561 g/mol. The van der Waals surface area contributed by atoms with Gasteiger partial charge < -0.3 is 25.0 Å². The fourth-order valence-electron chi connectivity index (χ4n) is 4.21. The Bertz CT molecular complexity index is 956. The third-order valence-electron chi connectivity index (χ3n) is 6.04. The van der Waals surface area contributed by atoms with E-state index in [1.54, 1.807) is 27.8 Å². The molecule has 1 aromatic rings. The average Bonchev–Trinajstić information content (AvgIpc) is 2.82. The summed E-state index contributed by atoms with van der Waals surface area (Å²) in [6.45, 7) is 17.1. The van der Waals surface area contributed by atoms with Crippen LogP contribution >= 0.6 is 0 Å². The maximum atomic E-state index is 13.6. The van der Waals surface area contributed by atoms with Crippen molar-refractivity contribution < 1.29 is 28.7 Å². The molecule has 0 aliphatic rings. The molecule has 2 N–H and O–H groups in total. The topological polar surface area (TPSA) is 114 Å². The SMILES string of the molecule is CC(C)C[C@@H](NC(=O)[C@H](CC(C)C)N(C)C(=O)[C@@H](CC(C)C)NC(=O)OC(C)(C)C)C(=O)OCc1ccccc1. The van der Waals surface area contributed by atoms with Gasteiger partial charge in [-0.05, 0) is 63.4 Å². The number of likely N-dealkylation sites (N-methyl/N-ethyl adjacent to an activating group) is 1. The van der Waals surface area contributed by atoms with Crippen molar-refractivity contribution in [1.29, 1.82) is 0 Å². The van der Waals surface area contributed by atoms with E-state index >= 15 is 0 Å². The van der Waals surface area contributed by atoms with Crippen molar-refractivity contribution in [1.82, 2.24) is 15.5 Å². The molecule has 0 heterocycles. The molecule has 0 fully saturated rings. The van der Waals surface area contributed by atoms with E-state index in [4.69, 9.17) is 9.47 Å². The highest BCUT2D eigenvalue weighted by molar-refractivity contribution is 5.93. The number of benzene rings is 1. The summed E-state index contributed by atoms with van der Waals surface area (Å²) in [5, 5.41) is 5.55. The highest BCUT2D eigenvalue weighted by Crippen LogP contribution is 2.17. The molecule has 0 radical (unpaired) electrons. The molecule has 0 unspecified atom stereocenters. The minimum atomic E-state index is -0.871. The summed E-state index contributed by atoms with van der Waals surface area (Å²) in [5.41, 5.74) is 0.129. The average molecular weight is 562 g/mol. The van der Waals surface area contributed by atoms with Gasteiger partial charge in [0.25, 0.3) is 0 Å². The van der Waals surface area contributed by atoms with Crippen molar-refractivity contribution in [3.8, 4) is 0 Å². The number of alkyl carbamates (subject to hydrolysis) is 1. The van der Waals surface area contributed by atoms with E-state index in [0.29, 0.717) is 19.3 Å². The predicted octanol–water partition coefficient (Wildman–Crippen LogP) is 5.07. The van der Waals surface area contributed by atoms with Crippen LogP contribution in [0.3, 0.4) is 0 Å². The Labute approximate surface area is 240 Å². The molecule has 1 rings (SSSR count). The van der Waals surface area contributed by atoms with Crippen LogP contribution in [0.25, 0.3) is 0 Å². The van der Waals surface area contributed by atoms with E-state index in [0.717, 1.165) is 5.56 Å². The Kier molecular flexibility index (Phi) is 14.2. The summed E-state index contributed by atoms with van der Waals surface area (Å²) in [5.74, 6) is -1.05. The number of hydrogen-bond donors (Lipinski definition) is 2.